The Kier molecular flexibility index (Phi) is 9.32. The van der Waals surface area contributed by atoms with E-state index in [1.807, 2.05) is 27.8 Å². The maximum Gasteiger partial charge on any atom is 0.337 e. The van der Waals surface area contributed by atoms with Crippen molar-refractivity contribution in [1.29, 1.82) is 0 Å². The fourth-order valence-electron chi connectivity index (χ4n) is 4.33. The third kappa shape index (κ3) is 6.20. The summed E-state index contributed by atoms with van der Waals surface area (Å²) in [6, 6.07) is 2.19. The first-order chi connectivity index (χ1) is 14.7. The smallest absolute Gasteiger partial charge is 0.337 e. The van der Waals surface area contributed by atoms with Crippen molar-refractivity contribution in [2.24, 2.45) is 0 Å². The van der Waals surface area contributed by atoms with Crippen LogP contribution in [0, 0.1) is 13.8 Å². The molecule has 0 saturated carbocycles. The highest BCUT2D eigenvalue weighted by Crippen LogP contribution is 2.41. The van der Waals surface area contributed by atoms with Crippen LogP contribution in [0.5, 0.6) is 0 Å². The Bertz CT molecular complexity index is 838. The summed E-state index contributed by atoms with van der Waals surface area (Å²) in [5.41, 5.74) is 7.47. The van der Waals surface area contributed by atoms with Gasteiger partial charge < -0.3 is 19.5 Å². The molecular formula is C26H39NO4. The van der Waals surface area contributed by atoms with Gasteiger partial charge in [-0.2, -0.15) is 0 Å². The van der Waals surface area contributed by atoms with Gasteiger partial charge in [0, 0.05) is 38.6 Å². The second-order valence-corrected chi connectivity index (χ2v) is 8.63. The topological polar surface area (TPSA) is 59.0 Å². The van der Waals surface area contributed by atoms with Gasteiger partial charge >= 0.3 is 5.97 Å². The number of anilines is 1. The van der Waals surface area contributed by atoms with E-state index in [-0.39, 0.29) is 6.10 Å². The molecule has 0 heterocycles. The minimum absolute atomic E-state index is 0.189. The molecule has 0 amide bonds. The molecule has 0 fully saturated rings. The summed E-state index contributed by atoms with van der Waals surface area (Å²) < 4.78 is 11.2. The first-order valence-corrected chi connectivity index (χ1v) is 11.3. The SMILES string of the molecule is CCN(C)c1cc(C)c(C2=CC(CCCOC)=CCC2)c(C(OC(C)C)C(=O)O)c1C. The second kappa shape index (κ2) is 11.5. The number of nitrogens with zero attached hydrogens (tertiary/aromatic N) is 1. The number of hydrogen-bond donors (Lipinski definition) is 1. The maximum absolute atomic E-state index is 12.3. The standard InChI is InChI=1S/C26H39NO4/c1-8-27(6)22-15-18(4)23(21-13-9-11-20(16-21)12-10-14-30-7)24(19(22)5)25(26(28)29)31-17(2)3/h11,15-17,25H,8-10,12-14H2,1-7H3,(H,28,29). The van der Waals surface area contributed by atoms with E-state index < -0.39 is 12.1 Å². The van der Waals surface area contributed by atoms with Crippen LogP contribution in [0.4, 0.5) is 5.69 Å². The van der Waals surface area contributed by atoms with Gasteiger partial charge in [0.05, 0.1) is 6.10 Å². The summed E-state index contributed by atoms with van der Waals surface area (Å²) in [5, 5.41) is 10.1. The number of ether oxygens (including phenoxy) is 2. The highest BCUT2D eigenvalue weighted by atomic mass is 16.5. The predicted octanol–water partition coefficient (Wildman–Crippen LogP) is 5.84. The van der Waals surface area contributed by atoms with E-state index in [4.69, 9.17) is 9.47 Å². The average Bonchev–Trinajstić information content (AvgIpc) is 2.73. The van der Waals surface area contributed by atoms with Gasteiger partial charge in [0.15, 0.2) is 6.10 Å². The van der Waals surface area contributed by atoms with E-state index in [0.717, 1.165) is 66.8 Å². The Labute approximate surface area is 187 Å². The second-order valence-electron chi connectivity index (χ2n) is 8.63. The van der Waals surface area contributed by atoms with Crippen LogP contribution in [-0.2, 0) is 14.3 Å². The molecule has 1 unspecified atom stereocenters. The summed E-state index contributed by atoms with van der Waals surface area (Å²) in [5.74, 6) is -0.943. The zero-order valence-electron chi connectivity index (χ0n) is 20.2. The van der Waals surface area contributed by atoms with E-state index >= 15 is 0 Å². The van der Waals surface area contributed by atoms with E-state index in [1.165, 1.54) is 11.1 Å². The molecule has 1 aliphatic rings. The van der Waals surface area contributed by atoms with Crippen LogP contribution < -0.4 is 4.90 Å². The molecule has 1 aliphatic carbocycles. The quantitative estimate of drug-likeness (QED) is 0.448. The first kappa shape index (κ1) is 25.2. The van der Waals surface area contributed by atoms with Gasteiger partial charge in [-0.1, -0.05) is 17.7 Å². The van der Waals surface area contributed by atoms with Crippen LogP contribution in [0.1, 0.15) is 74.8 Å². The molecular weight excluding hydrogens is 390 g/mol. The van der Waals surface area contributed by atoms with Crippen LogP contribution in [0.2, 0.25) is 0 Å². The third-order valence-corrected chi connectivity index (χ3v) is 5.90. The van der Waals surface area contributed by atoms with Crippen molar-refractivity contribution < 1.29 is 19.4 Å². The Morgan fingerprint density at radius 2 is 2.00 bits per heavy atom. The monoisotopic (exact) mass is 429 g/mol. The molecule has 0 aromatic heterocycles. The van der Waals surface area contributed by atoms with Crippen LogP contribution in [-0.4, -0.2) is 44.5 Å². The summed E-state index contributed by atoms with van der Waals surface area (Å²) >= 11 is 0. The molecule has 31 heavy (non-hydrogen) atoms. The molecule has 5 heteroatoms. The summed E-state index contributed by atoms with van der Waals surface area (Å²) in [4.78, 5) is 14.5. The van der Waals surface area contributed by atoms with Crippen LogP contribution >= 0.6 is 0 Å². The average molecular weight is 430 g/mol. The largest absolute Gasteiger partial charge is 0.479 e. The fraction of sp³-hybridized carbons (Fsp3) is 0.577. The van der Waals surface area contributed by atoms with E-state index in [0.29, 0.717) is 0 Å². The van der Waals surface area contributed by atoms with E-state index in [1.54, 1.807) is 7.11 Å². The maximum atomic E-state index is 12.3. The fourth-order valence-corrected chi connectivity index (χ4v) is 4.33. The Hall–Kier alpha value is -2.11. The normalized spacial score (nSPS) is 15.0. The Morgan fingerprint density at radius 1 is 1.29 bits per heavy atom. The number of benzene rings is 1. The molecule has 1 aromatic rings. The van der Waals surface area contributed by atoms with Crippen LogP contribution in [0.15, 0.2) is 23.8 Å². The molecule has 0 aliphatic heterocycles. The number of aliphatic carboxylic acids is 1. The van der Waals surface area contributed by atoms with Gasteiger partial charge in [0.1, 0.15) is 0 Å². The highest BCUT2D eigenvalue weighted by Gasteiger charge is 2.30. The van der Waals surface area contributed by atoms with Gasteiger partial charge in [0.2, 0.25) is 0 Å². The lowest BCUT2D eigenvalue weighted by Crippen LogP contribution is -2.24. The molecule has 0 spiro atoms. The van der Waals surface area contributed by atoms with Crippen molar-refractivity contribution in [3.8, 4) is 0 Å². The number of allylic oxidation sites excluding steroid dienone is 4. The highest BCUT2D eigenvalue weighted by molar-refractivity contribution is 5.84. The predicted molar refractivity (Wildman–Crippen MR) is 128 cm³/mol. The van der Waals surface area contributed by atoms with Crippen LogP contribution in [0.25, 0.3) is 5.57 Å². The summed E-state index contributed by atoms with van der Waals surface area (Å²) in [6.45, 7) is 11.6. The number of hydrogen-bond acceptors (Lipinski definition) is 4. The van der Waals surface area contributed by atoms with Gasteiger partial charge in [-0.05, 0) is 88.6 Å². The zero-order chi connectivity index (χ0) is 23.1. The van der Waals surface area contributed by atoms with Crippen molar-refractivity contribution >= 4 is 17.2 Å². The molecule has 172 valence electrons. The summed E-state index contributed by atoms with van der Waals surface area (Å²) in [7, 11) is 3.77. The van der Waals surface area contributed by atoms with Crippen molar-refractivity contribution in [3.05, 3.63) is 46.0 Å². The Morgan fingerprint density at radius 3 is 2.58 bits per heavy atom. The number of carboxylic acids is 1. The van der Waals surface area contributed by atoms with Gasteiger partial charge in [-0.3, -0.25) is 0 Å². The number of carbonyl (C=O) groups is 1. The lowest BCUT2D eigenvalue weighted by molar-refractivity contribution is -0.153. The van der Waals surface area contributed by atoms with E-state index in [9.17, 15) is 9.90 Å². The summed E-state index contributed by atoms with van der Waals surface area (Å²) in [6.07, 6.45) is 7.16. The van der Waals surface area contributed by atoms with Gasteiger partial charge in [-0.15, -0.1) is 0 Å². The van der Waals surface area contributed by atoms with E-state index in [2.05, 4.69) is 37.0 Å². The van der Waals surface area contributed by atoms with Crippen molar-refractivity contribution in [1.82, 2.24) is 0 Å². The molecule has 2 rings (SSSR count). The molecule has 1 aromatic carbocycles. The minimum Gasteiger partial charge on any atom is -0.479 e. The first-order valence-electron chi connectivity index (χ1n) is 11.3. The number of methoxy groups -OCH3 is 1. The molecule has 5 nitrogen and oxygen atoms in total. The van der Waals surface area contributed by atoms with Crippen molar-refractivity contribution in [2.45, 2.75) is 72.5 Å². The van der Waals surface area contributed by atoms with Gasteiger partial charge in [0.25, 0.3) is 0 Å². The van der Waals surface area contributed by atoms with Crippen LogP contribution in [0.3, 0.4) is 0 Å². The zero-order valence-corrected chi connectivity index (χ0v) is 20.2. The minimum atomic E-state index is -0.998. The molecule has 1 N–H and O–H groups in total. The number of carboxylic acid groups (broad SMARTS) is 1. The molecule has 0 radical (unpaired) electrons. The number of rotatable bonds is 11. The third-order valence-electron chi connectivity index (χ3n) is 5.90. The lowest BCUT2D eigenvalue weighted by atomic mass is 9.83. The number of aryl methyl sites for hydroxylation is 1. The van der Waals surface area contributed by atoms with Gasteiger partial charge in [-0.25, -0.2) is 4.79 Å². The molecule has 0 saturated heterocycles. The lowest BCUT2D eigenvalue weighted by Gasteiger charge is -2.30. The van der Waals surface area contributed by atoms with Crippen molar-refractivity contribution in [2.75, 3.05) is 32.2 Å². The molecule has 0 bridgehead atoms. The van der Waals surface area contributed by atoms with Crippen molar-refractivity contribution in [3.63, 3.8) is 0 Å². The Balaban J connectivity index is 2.67. The molecule has 1 atom stereocenters.